The van der Waals surface area contributed by atoms with Crippen LogP contribution < -0.4 is 11.0 Å². The molecule has 41 heavy (non-hydrogen) atoms. The highest BCUT2D eigenvalue weighted by molar-refractivity contribution is 6.30. The van der Waals surface area contributed by atoms with Crippen molar-refractivity contribution in [3.63, 3.8) is 0 Å². The highest BCUT2D eigenvalue weighted by Crippen LogP contribution is 2.28. The summed E-state index contributed by atoms with van der Waals surface area (Å²) < 4.78 is 47.9. The van der Waals surface area contributed by atoms with Crippen molar-refractivity contribution in [2.45, 2.75) is 50.7 Å². The van der Waals surface area contributed by atoms with Gasteiger partial charge in [-0.25, -0.2) is 24.1 Å². The number of amides is 1. The van der Waals surface area contributed by atoms with Crippen LogP contribution in [0.2, 0.25) is 5.02 Å². The fourth-order valence-electron chi connectivity index (χ4n) is 4.29. The SMILES string of the molecule is CC1(C(=O)Nc2ncccc2-n2cnc(Cn3nc(-c4ccc(Cl)cc4)n(C[C@H](O)C(F)(F)F)c3=O)n2)CCCO1. The van der Waals surface area contributed by atoms with Gasteiger partial charge in [0, 0.05) is 23.4 Å². The number of nitrogens with one attached hydrogen (secondary N) is 1. The maximum Gasteiger partial charge on any atom is 0.416 e. The molecule has 1 unspecified atom stereocenters. The van der Waals surface area contributed by atoms with Crippen molar-refractivity contribution in [2.24, 2.45) is 0 Å². The zero-order valence-electron chi connectivity index (χ0n) is 21.5. The number of aromatic nitrogens is 7. The van der Waals surface area contributed by atoms with Gasteiger partial charge in [-0.15, -0.1) is 10.2 Å². The van der Waals surface area contributed by atoms with Crippen LogP contribution in [0.4, 0.5) is 19.0 Å². The predicted molar refractivity (Wildman–Crippen MR) is 139 cm³/mol. The maximum atomic E-state index is 13.1. The molecule has 1 aromatic carbocycles. The first-order valence-electron chi connectivity index (χ1n) is 12.4. The molecule has 4 aromatic rings. The van der Waals surface area contributed by atoms with Crippen molar-refractivity contribution >= 4 is 23.3 Å². The molecule has 12 nitrogen and oxygen atoms in total. The highest BCUT2D eigenvalue weighted by Gasteiger charge is 2.40. The third-order valence-electron chi connectivity index (χ3n) is 6.55. The van der Waals surface area contributed by atoms with Crippen LogP contribution in [0.1, 0.15) is 25.6 Å². The minimum Gasteiger partial charge on any atom is -0.382 e. The minimum absolute atomic E-state index is 0.1000. The van der Waals surface area contributed by atoms with E-state index in [4.69, 9.17) is 16.3 Å². The van der Waals surface area contributed by atoms with E-state index in [-0.39, 0.29) is 29.9 Å². The van der Waals surface area contributed by atoms with E-state index < -0.39 is 30.1 Å². The molecule has 1 saturated heterocycles. The second-order valence-electron chi connectivity index (χ2n) is 9.55. The molecule has 1 aliphatic rings. The van der Waals surface area contributed by atoms with E-state index in [1.165, 1.54) is 41.5 Å². The van der Waals surface area contributed by atoms with E-state index in [0.29, 0.717) is 29.3 Å². The van der Waals surface area contributed by atoms with E-state index in [9.17, 15) is 27.9 Å². The zero-order chi connectivity index (χ0) is 29.4. The summed E-state index contributed by atoms with van der Waals surface area (Å²) in [7, 11) is 0. The van der Waals surface area contributed by atoms with E-state index in [0.717, 1.165) is 15.7 Å². The molecule has 0 saturated carbocycles. The number of pyridine rings is 1. The Balaban J connectivity index is 1.43. The first-order chi connectivity index (χ1) is 19.4. The Bertz CT molecular complexity index is 1610. The Morgan fingerprint density at radius 2 is 1.98 bits per heavy atom. The molecule has 2 N–H and O–H groups in total. The van der Waals surface area contributed by atoms with Gasteiger partial charge in [0.15, 0.2) is 23.6 Å². The molecule has 4 heterocycles. The van der Waals surface area contributed by atoms with Crippen molar-refractivity contribution in [2.75, 3.05) is 11.9 Å². The van der Waals surface area contributed by atoms with Gasteiger partial charge in [0.05, 0.1) is 6.54 Å². The van der Waals surface area contributed by atoms with Gasteiger partial charge >= 0.3 is 11.9 Å². The van der Waals surface area contributed by atoms with Crippen molar-refractivity contribution in [1.29, 1.82) is 0 Å². The van der Waals surface area contributed by atoms with Crippen LogP contribution in [0.3, 0.4) is 0 Å². The van der Waals surface area contributed by atoms with Crippen molar-refractivity contribution < 1.29 is 27.8 Å². The number of anilines is 1. The van der Waals surface area contributed by atoms with Gasteiger partial charge in [-0.2, -0.15) is 13.2 Å². The third kappa shape index (κ3) is 6.01. The summed E-state index contributed by atoms with van der Waals surface area (Å²) in [6.07, 6.45) is -3.59. The molecule has 2 atom stereocenters. The van der Waals surface area contributed by atoms with Crippen LogP contribution in [0, 0.1) is 0 Å². The van der Waals surface area contributed by atoms with Crippen molar-refractivity contribution in [3.05, 3.63) is 70.3 Å². The number of ether oxygens (including phenoxy) is 1. The zero-order valence-corrected chi connectivity index (χ0v) is 22.3. The summed E-state index contributed by atoms with van der Waals surface area (Å²) in [6, 6.07) is 9.27. The molecular weight excluding hydrogens is 569 g/mol. The van der Waals surface area contributed by atoms with Crippen LogP contribution in [0.15, 0.2) is 53.7 Å². The quantitative estimate of drug-likeness (QED) is 0.318. The van der Waals surface area contributed by atoms with Crippen LogP contribution in [-0.2, 0) is 22.6 Å². The molecule has 0 bridgehead atoms. The maximum absolute atomic E-state index is 13.1. The van der Waals surface area contributed by atoms with Gasteiger partial charge in [0.2, 0.25) is 0 Å². The van der Waals surface area contributed by atoms with Crippen LogP contribution in [0.25, 0.3) is 17.1 Å². The number of aliphatic hydroxyl groups excluding tert-OH is 1. The molecule has 0 radical (unpaired) electrons. The van der Waals surface area contributed by atoms with E-state index in [1.54, 1.807) is 19.1 Å². The van der Waals surface area contributed by atoms with Gasteiger partial charge in [-0.1, -0.05) is 11.6 Å². The van der Waals surface area contributed by atoms with Gasteiger partial charge in [-0.3, -0.25) is 9.36 Å². The number of hydrogen-bond donors (Lipinski definition) is 2. The molecule has 1 fully saturated rings. The Morgan fingerprint density at radius 1 is 1.22 bits per heavy atom. The third-order valence-corrected chi connectivity index (χ3v) is 6.81. The number of halogens is 4. The number of carbonyl (C=O) groups is 1. The van der Waals surface area contributed by atoms with Gasteiger partial charge in [-0.05, 0) is 56.2 Å². The standard InChI is InChI=1S/C25H24ClF3N8O4/c1-24(9-3-11-41-24)22(39)32-20-17(4-2-10-30-20)37-14-31-19(33-37)13-36-23(40)35(12-18(38)25(27,28)29)21(34-36)15-5-7-16(26)8-6-15/h2,4-8,10,14,18,38H,3,9,11-13H2,1H3,(H,30,32,39)/t18-,24?/m0/s1. The lowest BCUT2D eigenvalue weighted by Crippen LogP contribution is -2.39. The molecule has 16 heteroatoms. The molecule has 0 spiro atoms. The molecule has 216 valence electrons. The Hall–Kier alpha value is -4.08. The molecule has 1 aliphatic heterocycles. The summed E-state index contributed by atoms with van der Waals surface area (Å²) in [5.74, 6) is -0.154. The van der Waals surface area contributed by atoms with Crippen LogP contribution >= 0.6 is 11.6 Å². The summed E-state index contributed by atoms with van der Waals surface area (Å²) in [5, 5.41) is 21.4. The van der Waals surface area contributed by atoms with E-state index in [2.05, 4.69) is 25.5 Å². The van der Waals surface area contributed by atoms with Crippen LogP contribution in [-0.4, -0.2) is 69.6 Å². The Morgan fingerprint density at radius 3 is 2.66 bits per heavy atom. The van der Waals surface area contributed by atoms with Gasteiger partial charge in [0.25, 0.3) is 5.91 Å². The summed E-state index contributed by atoms with van der Waals surface area (Å²) >= 11 is 5.92. The second kappa shape index (κ2) is 11.1. The first kappa shape index (κ1) is 28.4. The average molecular weight is 593 g/mol. The van der Waals surface area contributed by atoms with Crippen molar-refractivity contribution in [1.82, 2.24) is 34.1 Å². The number of benzene rings is 1. The monoisotopic (exact) mass is 592 g/mol. The van der Waals surface area contributed by atoms with Gasteiger partial charge in [0.1, 0.15) is 24.2 Å². The van der Waals surface area contributed by atoms with E-state index >= 15 is 0 Å². The number of carbonyl (C=O) groups excluding carboxylic acids is 1. The second-order valence-corrected chi connectivity index (χ2v) is 9.99. The van der Waals surface area contributed by atoms with Crippen molar-refractivity contribution in [3.8, 4) is 17.1 Å². The fourth-order valence-corrected chi connectivity index (χ4v) is 4.42. The van der Waals surface area contributed by atoms with E-state index in [1.807, 2.05) is 0 Å². The smallest absolute Gasteiger partial charge is 0.382 e. The highest BCUT2D eigenvalue weighted by atomic mass is 35.5. The first-order valence-corrected chi connectivity index (χ1v) is 12.8. The predicted octanol–water partition coefficient (Wildman–Crippen LogP) is 2.82. The number of alkyl halides is 3. The lowest BCUT2D eigenvalue weighted by molar-refractivity contribution is -0.207. The largest absolute Gasteiger partial charge is 0.416 e. The molecule has 5 rings (SSSR count). The normalized spacial score (nSPS) is 18.0. The fraction of sp³-hybridized carbons (Fsp3) is 0.360. The number of aliphatic hydroxyl groups is 1. The topological polar surface area (TPSA) is 142 Å². The number of nitrogens with zero attached hydrogens (tertiary/aromatic N) is 7. The lowest BCUT2D eigenvalue weighted by Gasteiger charge is -2.22. The molecule has 0 aliphatic carbocycles. The summed E-state index contributed by atoms with van der Waals surface area (Å²) in [4.78, 5) is 34.4. The average Bonchev–Trinajstić information content (AvgIpc) is 3.66. The van der Waals surface area contributed by atoms with Crippen LogP contribution in [0.5, 0.6) is 0 Å². The molecule has 1 amide bonds. The Kier molecular flexibility index (Phi) is 7.68. The minimum atomic E-state index is -4.95. The summed E-state index contributed by atoms with van der Waals surface area (Å²) in [6.45, 7) is 0.822. The summed E-state index contributed by atoms with van der Waals surface area (Å²) in [5.41, 5.74) is -1.19. The van der Waals surface area contributed by atoms with Gasteiger partial charge < -0.3 is 15.2 Å². The molecule has 3 aromatic heterocycles. The molecular formula is C25H24ClF3N8O4. The number of hydrogen-bond acceptors (Lipinski definition) is 8. The lowest BCUT2D eigenvalue weighted by atomic mass is 10.0. The number of rotatable bonds is 8. The Labute approximate surface area is 235 Å².